The zero-order valence-electron chi connectivity index (χ0n) is 11.9. The summed E-state index contributed by atoms with van der Waals surface area (Å²) in [6, 6.07) is 4.73. The molecule has 0 saturated heterocycles. The van der Waals surface area contributed by atoms with E-state index in [2.05, 4.69) is 14.9 Å². The molecule has 6 nitrogen and oxygen atoms in total. The second kappa shape index (κ2) is 5.03. The lowest BCUT2D eigenvalue weighted by molar-refractivity contribution is 0.567. The Bertz CT molecular complexity index is 742. The maximum atomic E-state index is 13.3. The lowest BCUT2D eigenvalue weighted by atomic mass is 9.92. The van der Waals surface area contributed by atoms with Gasteiger partial charge in [-0.1, -0.05) is 20.8 Å². The first-order valence-electron chi connectivity index (χ1n) is 6.23. The van der Waals surface area contributed by atoms with Crippen molar-refractivity contribution < 1.29 is 12.8 Å². The Morgan fingerprint density at radius 2 is 1.90 bits per heavy atom. The normalized spacial score (nSPS) is 12.4. The molecule has 0 spiro atoms. The number of anilines is 2. The average molecular weight is 312 g/mol. The third kappa shape index (κ3) is 3.52. The SMILES string of the molecule is CC(C)(C)c1cc(NS(=O)(=O)c2cc(N)cc(F)c2)n[nH]1. The molecule has 0 bridgehead atoms. The van der Waals surface area contributed by atoms with Gasteiger partial charge in [0.15, 0.2) is 5.82 Å². The number of halogens is 1. The number of sulfonamides is 1. The summed E-state index contributed by atoms with van der Waals surface area (Å²) >= 11 is 0. The highest BCUT2D eigenvalue weighted by Crippen LogP contribution is 2.24. The first-order chi connectivity index (χ1) is 9.58. The van der Waals surface area contributed by atoms with Crippen LogP contribution in [0.5, 0.6) is 0 Å². The summed E-state index contributed by atoms with van der Waals surface area (Å²) < 4.78 is 39.9. The van der Waals surface area contributed by atoms with Gasteiger partial charge in [0.25, 0.3) is 10.0 Å². The second-order valence-corrected chi connectivity index (χ2v) is 7.43. The molecule has 2 aromatic rings. The van der Waals surface area contributed by atoms with Gasteiger partial charge in [0.05, 0.1) is 4.90 Å². The number of rotatable bonds is 3. The van der Waals surface area contributed by atoms with Crippen LogP contribution < -0.4 is 10.5 Å². The summed E-state index contributed by atoms with van der Waals surface area (Å²) in [5.74, 6) is -0.574. The Morgan fingerprint density at radius 3 is 2.43 bits per heavy atom. The molecule has 0 aliphatic rings. The first-order valence-corrected chi connectivity index (χ1v) is 7.71. The summed E-state index contributed by atoms with van der Waals surface area (Å²) in [5.41, 5.74) is 6.07. The van der Waals surface area contributed by atoms with Crippen molar-refractivity contribution in [1.29, 1.82) is 0 Å². The van der Waals surface area contributed by atoms with Gasteiger partial charge in [-0.2, -0.15) is 5.10 Å². The molecule has 0 aliphatic carbocycles. The number of H-pyrrole nitrogens is 1. The molecule has 0 unspecified atom stereocenters. The number of nitrogens with zero attached hydrogens (tertiary/aromatic N) is 1. The quantitative estimate of drug-likeness (QED) is 0.756. The van der Waals surface area contributed by atoms with Crippen molar-refractivity contribution in [2.75, 3.05) is 10.5 Å². The minimum Gasteiger partial charge on any atom is -0.399 e. The summed E-state index contributed by atoms with van der Waals surface area (Å²) in [7, 11) is -3.94. The van der Waals surface area contributed by atoms with Crippen molar-refractivity contribution in [3.05, 3.63) is 35.8 Å². The van der Waals surface area contributed by atoms with Crippen LogP contribution in [0.3, 0.4) is 0 Å². The first kappa shape index (κ1) is 15.3. The number of benzene rings is 1. The fourth-order valence-electron chi connectivity index (χ4n) is 1.69. The van der Waals surface area contributed by atoms with Gasteiger partial charge in [0, 0.05) is 22.9 Å². The highest BCUT2D eigenvalue weighted by atomic mass is 32.2. The average Bonchev–Trinajstić information content (AvgIpc) is 2.75. The number of hydrogen-bond donors (Lipinski definition) is 3. The molecule has 4 N–H and O–H groups in total. The van der Waals surface area contributed by atoms with Gasteiger partial charge >= 0.3 is 0 Å². The molecule has 114 valence electrons. The Hall–Kier alpha value is -2.09. The van der Waals surface area contributed by atoms with E-state index in [0.29, 0.717) is 0 Å². The van der Waals surface area contributed by atoms with E-state index in [9.17, 15) is 12.8 Å². The number of aromatic nitrogens is 2. The smallest absolute Gasteiger partial charge is 0.263 e. The predicted octanol–water partition coefficient (Wildman–Crippen LogP) is 2.23. The lowest BCUT2D eigenvalue weighted by Gasteiger charge is -2.14. The maximum Gasteiger partial charge on any atom is 0.263 e. The fraction of sp³-hybridized carbons (Fsp3) is 0.308. The largest absolute Gasteiger partial charge is 0.399 e. The van der Waals surface area contributed by atoms with Gasteiger partial charge in [-0.15, -0.1) is 0 Å². The predicted molar refractivity (Wildman–Crippen MR) is 78.9 cm³/mol. The molecule has 0 atom stereocenters. The van der Waals surface area contributed by atoms with Crippen LogP contribution in [0.1, 0.15) is 26.5 Å². The Balaban J connectivity index is 2.31. The van der Waals surface area contributed by atoms with E-state index in [0.717, 1.165) is 17.8 Å². The summed E-state index contributed by atoms with van der Waals surface area (Å²) in [4.78, 5) is -0.250. The highest BCUT2D eigenvalue weighted by Gasteiger charge is 2.20. The van der Waals surface area contributed by atoms with Gasteiger partial charge < -0.3 is 5.73 Å². The van der Waals surface area contributed by atoms with Crippen LogP contribution in [0.15, 0.2) is 29.2 Å². The molecule has 21 heavy (non-hydrogen) atoms. The summed E-state index contributed by atoms with van der Waals surface area (Å²) in [6.07, 6.45) is 0. The molecule has 8 heteroatoms. The van der Waals surface area contributed by atoms with Crippen molar-refractivity contribution in [3.63, 3.8) is 0 Å². The molecule has 0 fully saturated rings. The van der Waals surface area contributed by atoms with Gasteiger partial charge in [-0.3, -0.25) is 9.82 Å². The molecule has 0 radical (unpaired) electrons. The zero-order chi connectivity index (χ0) is 15.8. The van der Waals surface area contributed by atoms with E-state index < -0.39 is 15.8 Å². The van der Waals surface area contributed by atoms with E-state index in [-0.39, 0.29) is 21.8 Å². The minimum atomic E-state index is -3.94. The standard InChI is InChI=1S/C13H17FN4O2S/c1-13(2,3)11-7-12(17-16-11)18-21(19,20)10-5-8(14)4-9(15)6-10/h4-7H,15H2,1-3H3,(H2,16,17,18). The van der Waals surface area contributed by atoms with Crippen LogP contribution in [0.2, 0.25) is 0 Å². The molecule has 0 saturated carbocycles. The van der Waals surface area contributed by atoms with Crippen molar-refractivity contribution in [1.82, 2.24) is 10.2 Å². The molecule has 1 heterocycles. The van der Waals surface area contributed by atoms with Gasteiger partial charge in [0.2, 0.25) is 0 Å². The Kier molecular flexibility index (Phi) is 3.66. The van der Waals surface area contributed by atoms with E-state index >= 15 is 0 Å². The Morgan fingerprint density at radius 1 is 1.24 bits per heavy atom. The molecular formula is C13H17FN4O2S. The lowest BCUT2D eigenvalue weighted by Crippen LogP contribution is -2.14. The number of nitrogens with one attached hydrogen (secondary N) is 2. The zero-order valence-corrected chi connectivity index (χ0v) is 12.8. The van der Waals surface area contributed by atoms with Crippen molar-refractivity contribution >= 4 is 21.5 Å². The van der Waals surface area contributed by atoms with Crippen LogP contribution in [0.4, 0.5) is 15.9 Å². The van der Waals surface area contributed by atoms with E-state index in [1.165, 1.54) is 6.07 Å². The molecule has 0 aliphatic heterocycles. The van der Waals surface area contributed by atoms with E-state index in [4.69, 9.17) is 5.73 Å². The molecule has 0 amide bonds. The van der Waals surface area contributed by atoms with Gasteiger partial charge in [-0.25, -0.2) is 12.8 Å². The third-order valence-corrected chi connectivity index (χ3v) is 4.16. The van der Waals surface area contributed by atoms with Crippen molar-refractivity contribution in [2.24, 2.45) is 0 Å². The van der Waals surface area contributed by atoms with E-state index in [1.807, 2.05) is 20.8 Å². The minimum absolute atomic E-state index is 0.0350. The third-order valence-electron chi connectivity index (χ3n) is 2.83. The number of aromatic amines is 1. The van der Waals surface area contributed by atoms with Crippen molar-refractivity contribution in [2.45, 2.75) is 31.1 Å². The molecule has 1 aromatic carbocycles. The number of hydrogen-bond acceptors (Lipinski definition) is 4. The van der Waals surface area contributed by atoms with Crippen LogP contribution in [-0.4, -0.2) is 18.6 Å². The second-order valence-electron chi connectivity index (χ2n) is 5.74. The molecular weight excluding hydrogens is 295 g/mol. The summed E-state index contributed by atoms with van der Waals surface area (Å²) in [6.45, 7) is 5.89. The maximum absolute atomic E-state index is 13.3. The monoisotopic (exact) mass is 312 g/mol. The Labute approximate surface area is 122 Å². The van der Waals surface area contributed by atoms with Crippen LogP contribution in [0.25, 0.3) is 0 Å². The fourth-order valence-corrected chi connectivity index (χ4v) is 2.75. The van der Waals surface area contributed by atoms with Crippen LogP contribution in [-0.2, 0) is 15.4 Å². The van der Waals surface area contributed by atoms with Crippen molar-refractivity contribution in [3.8, 4) is 0 Å². The van der Waals surface area contributed by atoms with Crippen LogP contribution in [0, 0.1) is 5.82 Å². The number of nitrogen functional groups attached to an aromatic ring is 1. The number of nitrogens with two attached hydrogens (primary N) is 1. The highest BCUT2D eigenvalue weighted by molar-refractivity contribution is 7.92. The molecule has 2 rings (SSSR count). The van der Waals surface area contributed by atoms with Gasteiger partial charge in [-0.05, 0) is 18.2 Å². The van der Waals surface area contributed by atoms with Crippen LogP contribution >= 0.6 is 0 Å². The molecule has 1 aromatic heterocycles. The topological polar surface area (TPSA) is 101 Å². The van der Waals surface area contributed by atoms with E-state index in [1.54, 1.807) is 6.07 Å². The summed E-state index contributed by atoms with van der Waals surface area (Å²) in [5, 5.41) is 6.66. The van der Waals surface area contributed by atoms with Gasteiger partial charge in [0.1, 0.15) is 5.82 Å².